The smallest absolute Gasteiger partial charge is 0.0178 e. The molecule has 1 aromatic rings. The van der Waals surface area contributed by atoms with Gasteiger partial charge in [0.05, 0.1) is 0 Å². The van der Waals surface area contributed by atoms with E-state index in [0.29, 0.717) is 0 Å². The number of hydrogen-bond donors (Lipinski definition) is 1. The van der Waals surface area contributed by atoms with Crippen LogP contribution in [0.4, 0.5) is 0 Å². The molecule has 17 heavy (non-hydrogen) atoms. The Bertz CT molecular complexity index is 382. The van der Waals surface area contributed by atoms with Crippen molar-refractivity contribution in [3.05, 3.63) is 34.3 Å². The molecule has 0 radical (unpaired) electrons. The summed E-state index contributed by atoms with van der Waals surface area (Å²) < 4.78 is 1.21. The van der Waals surface area contributed by atoms with Crippen LogP contribution in [0.5, 0.6) is 0 Å². The minimum Gasteiger partial charge on any atom is -0.313 e. The normalized spacial score (nSPS) is 22.2. The maximum absolute atomic E-state index is 3.71. The van der Waals surface area contributed by atoms with Crippen molar-refractivity contribution in [2.45, 2.75) is 44.1 Å². The second-order valence-corrected chi connectivity index (χ2v) is 6.45. The third-order valence-corrected chi connectivity index (χ3v) is 4.69. The van der Waals surface area contributed by atoms with Crippen molar-refractivity contribution in [2.75, 3.05) is 6.54 Å². The van der Waals surface area contributed by atoms with E-state index >= 15 is 0 Å². The maximum atomic E-state index is 3.71. The highest BCUT2D eigenvalue weighted by Gasteiger charge is 2.30. The van der Waals surface area contributed by atoms with Gasteiger partial charge in [0.2, 0.25) is 0 Å². The van der Waals surface area contributed by atoms with Gasteiger partial charge in [-0.1, -0.05) is 34.5 Å². The molecule has 1 aromatic carbocycles. The fourth-order valence-corrected chi connectivity index (χ4v) is 3.13. The first kappa shape index (κ1) is 11.7. The minimum absolute atomic E-state index is 0.724. The summed E-state index contributed by atoms with van der Waals surface area (Å²) in [4.78, 5) is 0. The predicted octanol–water partition coefficient (Wildman–Crippen LogP) is 4.08. The Morgan fingerprint density at radius 1 is 1.24 bits per heavy atom. The molecule has 1 unspecified atom stereocenters. The van der Waals surface area contributed by atoms with Crippen LogP contribution in [0.25, 0.3) is 0 Å². The number of hydrogen-bond acceptors (Lipinski definition) is 1. The van der Waals surface area contributed by atoms with Crippen LogP contribution in [0.1, 0.15) is 43.6 Å². The van der Waals surface area contributed by atoms with Crippen molar-refractivity contribution in [1.82, 2.24) is 5.32 Å². The molecule has 2 heteroatoms. The van der Waals surface area contributed by atoms with Gasteiger partial charge in [0.25, 0.3) is 0 Å². The van der Waals surface area contributed by atoms with Crippen LogP contribution < -0.4 is 5.32 Å². The Labute approximate surface area is 112 Å². The highest BCUT2D eigenvalue weighted by Crippen LogP contribution is 2.39. The van der Waals surface area contributed by atoms with Crippen molar-refractivity contribution >= 4 is 15.9 Å². The van der Waals surface area contributed by atoms with Gasteiger partial charge >= 0.3 is 0 Å². The molecule has 0 aromatic heterocycles. The van der Waals surface area contributed by atoms with Gasteiger partial charge < -0.3 is 5.32 Å². The van der Waals surface area contributed by atoms with Crippen LogP contribution in [-0.4, -0.2) is 12.6 Å². The van der Waals surface area contributed by atoms with Crippen molar-refractivity contribution in [1.29, 1.82) is 0 Å². The Kier molecular flexibility index (Phi) is 3.53. The van der Waals surface area contributed by atoms with Gasteiger partial charge in [0.15, 0.2) is 0 Å². The Hall–Kier alpha value is -0.340. The van der Waals surface area contributed by atoms with Crippen LogP contribution >= 0.6 is 15.9 Å². The fraction of sp³-hybridized carbons (Fsp3) is 0.600. The van der Waals surface area contributed by atoms with Gasteiger partial charge in [-0.25, -0.2) is 0 Å². The fourth-order valence-electron chi connectivity index (χ4n) is 2.72. The van der Waals surface area contributed by atoms with E-state index in [4.69, 9.17) is 0 Å². The first-order chi connectivity index (χ1) is 8.33. The second-order valence-electron chi connectivity index (χ2n) is 5.54. The summed E-state index contributed by atoms with van der Waals surface area (Å²) in [6, 6.07) is 9.71. The number of halogens is 1. The summed E-state index contributed by atoms with van der Waals surface area (Å²) in [6.45, 7) is 1.17. The van der Waals surface area contributed by atoms with E-state index < -0.39 is 0 Å². The van der Waals surface area contributed by atoms with E-state index in [1.165, 1.54) is 48.7 Å². The summed E-state index contributed by atoms with van der Waals surface area (Å²) in [5.41, 5.74) is 1.51. The van der Waals surface area contributed by atoms with Gasteiger partial charge in [-0.15, -0.1) is 0 Å². The first-order valence-electron chi connectivity index (χ1n) is 6.82. The topological polar surface area (TPSA) is 12.0 Å². The summed E-state index contributed by atoms with van der Waals surface area (Å²) in [6.07, 6.45) is 7.04. The molecule has 3 rings (SSSR count). The molecule has 92 valence electrons. The van der Waals surface area contributed by atoms with Crippen LogP contribution in [0.2, 0.25) is 0 Å². The molecule has 2 fully saturated rings. The molecule has 2 aliphatic carbocycles. The van der Waals surface area contributed by atoms with Crippen LogP contribution in [0.3, 0.4) is 0 Å². The summed E-state index contributed by atoms with van der Waals surface area (Å²) >= 11 is 3.59. The monoisotopic (exact) mass is 293 g/mol. The molecule has 0 bridgehead atoms. The standard InChI is InChI=1S/C15H20BrN/c16-13-6-2-5-12(9-13)15(11-3-1-4-11)10-17-14-7-8-14/h2,5-6,9,11,14-15,17H,1,3-4,7-8,10H2. The van der Waals surface area contributed by atoms with E-state index in [1.54, 1.807) is 0 Å². The molecule has 0 aliphatic heterocycles. The quantitative estimate of drug-likeness (QED) is 0.862. The zero-order chi connectivity index (χ0) is 11.7. The number of nitrogens with one attached hydrogen (secondary N) is 1. The number of benzene rings is 1. The average Bonchev–Trinajstić information content (AvgIpc) is 3.05. The Morgan fingerprint density at radius 3 is 2.65 bits per heavy atom. The van der Waals surface area contributed by atoms with E-state index in [1.807, 2.05) is 0 Å². The Balaban J connectivity index is 1.71. The highest BCUT2D eigenvalue weighted by atomic mass is 79.9. The van der Waals surface area contributed by atoms with Crippen LogP contribution in [-0.2, 0) is 0 Å². The van der Waals surface area contributed by atoms with Gasteiger partial charge in [-0.05, 0) is 55.2 Å². The summed E-state index contributed by atoms with van der Waals surface area (Å²) in [5, 5.41) is 3.71. The van der Waals surface area contributed by atoms with E-state index in [-0.39, 0.29) is 0 Å². The minimum atomic E-state index is 0.724. The molecule has 2 aliphatic rings. The molecular weight excluding hydrogens is 274 g/mol. The van der Waals surface area contributed by atoms with Gasteiger partial charge in [-0.3, -0.25) is 0 Å². The molecular formula is C15H20BrN. The maximum Gasteiger partial charge on any atom is 0.0178 e. The molecule has 2 saturated carbocycles. The third kappa shape index (κ3) is 2.92. The average molecular weight is 294 g/mol. The highest BCUT2D eigenvalue weighted by molar-refractivity contribution is 9.10. The molecule has 1 atom stereocenters. The van der Waals surface area contributed by atoms with E-state index in [9.17, 15) is 0 Å². The molecule has 1 nitrogen and oxygen atoms in total. The third-order valence-electron chi connectivity index (χ3n) is 4.20. The first-order valence-corrected chi connectivity index (χ1v) is 7.61. The predicted molar refractivity (Wildman–Crippen MR) is 75.2 cm³/mol. The zero-order valence-corrected chi connectivity index (χ0v) is 11.7. The van der Waals surface area contributed by atoms with E-state index in [0.717, 1.165) is 17.9 Å². The van der Waals surface area contributed by atoms with Crippen LogP contribution in [0.15, 0.2) is 28.7 Å². The van der Waals surface area contributed by atoms with E-state index in [2.05, 4.69) is 45.5 Å². The number of rotatable bonds is 5. The SMILES string of the molecule is Brc1cccc(C(CNC2CC2)C2CCC2)c1. The van der Waals surface area contributed by atoms with Crippen molar-refractivity contribution in [2.24, 2.45) is 5.92 Å². The van der Waals surface area contributed by atoms with Crippen LogP contribution in [0, 0.1) is 5.92 Å². The molecule has 0 amide bonds. The molecule has 0 spiro atoms. The largest absolute Gasteiger partial charge is 0.313 e. The summed E-state index contributed by atoms with van der Waals surface area (Å²) in [7, 11) is 0. The second kappa shape index (κ2) is 5.11. The van der Waals surface area contributed by atoms with Crippen molar-refractivity contribution < 1.29 is 0 Å². The lowest BCUT2D eigenvalue weighted by molar-refractivity contribution is 0.254. The van der Waals surface area contributed by atoms with Gasteiger partial charge in [0.1, 0.15) is 0 Å². The molecule has 0 saturated heterocycles. The van der Waals surface area contributed by atoms with Crippen molar-refractivity contribution in [3.63, 3.8) is 0 Å². The zero-order valence-electron chi connectivity index (χ0n) is 10.2. The van der Waals surface area contributed by atoms with Gasteiger partial charge in [-0.2, -0.15) is 0 Å². The van der Waals surface area contributed by atoms with Crippen molar-refractivity contribution in [3.8, 4) is 0 Å². The Morgan fingerprint density at radius 2 is 2.06 bits per heavy atom. The lowest BCUT2D eigenvalue weighted by Gasteiger charge is -2.34. The van der Waals surface area contributed by atoms with Gasteiger partial charge in [0, 0.05) is 17.1 Å². The lowest BCUT2D eigenvalue weighted by atomic mass is 9.73. The lowest BCUT2D eigenvalue weighted by Crippen LogP contribution is -2.31. The molecule has 0 heterocycles. The molecule has 1 N–H and O–H groups in total. The summed E-state index contributed by atoms with van der Waals surface area (Å²) in [5.74, 6) is 1.64.